The molecule has 2 saturated heterocycles. The van der Waals surface area contributed by atoms with Crippen LogP contribution in [0.5, 0.6) is 5.75 Å². The number of aromatic hydroxyl groups is 1. The zero-order valence-electron chi connectivity index (χ0n) is 21.9. The van der Waals surface area contributed by atoms with Crippen molar-refractivity contribution in [2.75, 3.05) is 7.11 Å². The van der Waals surface area contributed by atoms with Crippen LogP contribution in [0.1, 0.15) is 43.9 Å². The molecule has 3 aliphatic rings. The molecule has 2 aromatic rings. The Bertz CT molecular complexity index is 1340. The first-order valence-electron chi connectivity index (χ1n) is 13.2. The van der Waals surface area contributed by atoms with E-state index in [0.29, 0.717) is 30.6 Å². The number of pyridine rings is 1. The molecule has 4 atom stereocenters. The molecule has 0 unspecified atom stereocenters. The number of benzene rings is 1. The van der Waals surface area contributed by atoms with E-state index >= 15 is 0 Å². The molecule has 2 fully saturated rings. The maximum atomic E-state index is 13.3. The summed E-state index contributed by atoms with van der Waals surface area (Å²) in [5.41, 5.74) is 4.52. The van der Waals surface area contributed by atoms with Gasteiger partial charge in [0.1, 0.15) is 5.75 Å². The zero-order valence-corrected chi connectivity index (χ0v) is 21.9. The molecule has 2 aliphatic heterocycles. The number of rotatable bonds is 6. The summed E-state index contributed by atoms with van der Waals surface area (Å²) >= 11 is 0. The van der Waals surface area contributed by atoms with E-state index in [-0.39, 0.29) is 12.1 Å². The predicted octanol–water partition coefficient (Wildman–Crippen LogP) is 4.08. The van der Waals surface area contributed by atoms with Crippen molar-refractivity contribution in [1.29, 1.82) is 0 Å². The van der Waals surface area contributed by atoms with Gasteiger partial charge in [-0.2, -0.15) is 4.90 Å². The average molecular weight is 530 g/mol. The number of imide groups is 3. The van der Waals surface area contributed by atoms with Gasteiger partial charge >= 0.3 is 13.2 Å². The van der Waals surface area contributed by atoms with Crippen LogP contribution in [-0.2, 0) is 19.0 Å². The Kier molecular flexibility index (Phi) is 7.68. The molecule has 0 bridgehead atoms. The second-order valence-electron chi connectivity index (χ2n) is 10.2. The molecule has 1 aromatic carbocycles. The van der Waals surface area contributed by atoms with Gasteiger partial charge in [0.15, 0.2) is 0 Å². The summed E-state index contributed by atoms with van der Waals surface area (Å²) in [6.07, 6.45) is 4.51. The number of phenolic OH excluding ortho intramolecular Hbond substituents is 1. The van der Waals surface area contributed by atoms with Crippen LogP contribution < -0.4 is 0 Å². The summed E-state index contributed by atoms with van der Waals surface area (Å²) in [6, 6.07) is 12.6. The Morgan fingerprint density at radius 3 is 2.72 bits per heavy atom. The number of allylic oxidation sites excluding steroid dienone is 2. The number of amides is 3. The fourth-order valence-corrected chi connectivity index (χ4v) is 6.30. The second-order valence-corrected chi connectivity index (χ2v) is 10.2. The van der Waals surface area contributed by atoms with Crippen molar-refractivity contribution in [2.45, 2.75) is 45.0 Å². The van der Waals surface area contributed by atoms with Crippen LogP contribution in [0.25, 0.3) is 11.6 Å². The van der Waals surface area contributed by atoms with E-state index in [0.717, 1.165) is 35.1 Å². The van der Waals surface area contributed by atoms with Crippen molar-refractivity contribution in [3.63, 3.8) is 0 Å². The standard InChI is InChI=1S/C29H31BN2O7/c1-3-18-15-21-26(28(35)32(27(21)34)29(36)38-2)22-16-30(37)39-24(25(18)22)11-10-19(23-9-4-5-12-31-23)13-17-7-6-8-20(33)14-17/h4-9,12-14,21-22,24,26,33,37H,3,10-11,15-16H2,1-2H3/b19-13-/t21-,22+,24-,26-/m1/s1. The Morgan fingerprint density at radius 1 is 1.21 bits per heavy atom. The van der Waals surface area contributed by atoms with Crippen LogP contribution >= 0.6 is 0 Å². The van der Waals surface area contributed by atoms with Crippen LogP contribution in [0.4, 0.5) is 4.79 Å². The fraction of sp³-hybridized carbons (Fsp3) is 0.379. The number of aromatic nitrogens is 1. The number of carbonyl (C=O) groups excluding carboxylic acids is 3. The van der Waals surface area contributed by atoms with Crippen LogP contribution in [0.15, 0.2) is 59.8 Å². The lowest BCUT2D eigenvalue weighted by Gasteiger charge is -2.43. The fourth-order valence-electron chi connectivity index (χ4n) is 6.30. The zero-order chi connectivity index (χ0) is 27.7. The van der Waals surface area contributed by atoms with Crippen molar-refractivity contribution in [2.24, 2.45) is 17.8 Å². The van der Waals surface area contributed by atoms with Crippen molar-refractivity contribution < 1.29 is 33.9 Å². The molecule has 2 N–H and O–H groups in total. The summed E-state index contributed by atoms with van der Waals surface area (Å²) in [4.78, 5) is 43.8. The lowest BCUT2D eigenvalue weighted by Crippen LogP contribution is -2.46. The van der Waals surface area contributed by atoms with E-state index < -0.39 is 48.9 Å². The highest BCUT2D eigenvalue weighted by molar-refractivity contribution is 6.43. The molecule has 10 heteroatoms. The molecule has 1 aliphatic carbocycles. The van der Waals surface area contributed by atoms with Crippen LogP contribution in [0, 0.1) is 17.8 Å². The van der Waals surface area contributed by atoms with Crippen molar-refractivity contribution in [1.82, 2.24) is 9.88 Å². The van der Waals surface area contributed by atoms with Gasteiger partial charge in [-0.25, -0.2) is 4.79 Å². The molecule has 3 amide bonds. The largest absolute Gasteiger partial charge is 0.508 e. The quantitative estimate of drug-likeness (QED) is 0.325. The maximum absolute atomic E-state index is 13.3. The first-order chi connectivity index (χ1) is 18.8. The molecule has 0 spiro atoms. The minimum atomic E-state index is -1.11. The van der Waals surface area contributed by atoms with E-state index in [2.05, 4.69) is 4.98 Å². The highest BCUT2D eigenvalue weighted by Gasteiger charge is 2.59. The topological polar surface area (TPSA) is 126 Å². The van der Waals surface area contributed by atoms with E-state index in [1.807, 2.05) is 37.3 Å². The molecule has 0 saturated carbocycles. The highest BCUT2D eigenvalue weighted by atomic mass is 16.5. The average Bonchev–Trinajstić information content (AvgIpc) is 3.19. The Hall–Kier alpha value is -3.76. The highest BCUT2D eigenvalue weighted by Crippen LogP contribution is 2.51. The van der Waals surface area contributed by atoms with Gasteiger partial charge in [-0.05, 0) is 85.0 Å². The number of carbonyl (C=O) groups is 3. The van der Waals surface area contributed by atoms with Crippen molar-refractivity contribution in [3.8, 4) is 5.75 Å². The summed E-state index contributed by atoms with van der Waals surface area (Å²) in [5.74, 6) is -2.74. The molecule has 1 aromatic heterocycles. The van der Waals surface area contributed by atoms with E-state index in [4.69, 9.17) is 9.39 Å². The first-order valence-corrected chi connectivity index (χ1v) is 13.2. The van der Waals surface area contributed by atoms with Gasteiger partial charge in [-0.1, -0.05) is 30.7 Å². The summed E-state index contributed by atoms with van der Waals surface area (Å²) in [5, 5.41) is 20.7. The smallest absolute Gasteiger partial charge is 0.455 e. The molecular weight excluding hydrogens is 499 g/mol. The predicted molar refractivity (Wildman–Crippen MR) is 144 cm³/mol. The number of ether oxygens (including phenoxy) is 1. The number of hydrogen-bond donors (Lipinski definition) is 2. The van der Waals surface area contributed by atoms with Gasteiger partial charge < -0.3 is 19.5 Å². The first kappa shape index (κ1) is 26.8. The van der Waals surface area contributed by atoms with Gasteiger partial charge in [-0.15, -0.1) is 0 Å². The molecule has 0 radical (unpaired) electrons. The normalized spacial score (nSPS) is 25.1. The summed E-state index contributed by atoms with van der Waals surface area (Å²) in [7, 11) is 0.0352. The van der Waals surface area contributed by atoms with Crippen molar-refractivity contribution >= 4 is 36.7 Å². The minimum absolute atomic E-state index is 0.164. The van der Waals surface area contributed by atoms with E-state index in [1.54, 1.807) is 24.4 Å². The number of likely N-dealkylation sites (tertiary alicyclic amines) is 1. The van der Waals surface area contributed by atoms with Gasteiger partial charge in [0.2, 0.25) is 11.8 Å². The van der Waals surface area contributed by atoms with Crippen LogP contribution in [-0.4, -0.2) is 58.3 Å². The van der Waals surface area contributed by atoms with Gasteiger partial charge in [-0.3, -0.25) is 14.6 Å². The minimum Gasteiger partial charge on any atom is -0.508 e. The Morgan fingerprint density at radius 2 is 2.03 bits per heavy atom. The van der Waals surface area contributed by atoms with Crippen LogP contribution in [0.3, 0.4) is 0 Å². The molecular formula is C29H31BN2O7. The summed E-state index contributed by atoms with van der Waals surface area (Å²) in [6.45, 7) is 2.00. The lowest BCUT2D eigenvalue weighted by atomic mass is 9.58. The van der Waals surface area contributed by atoms with Gasteiger partial charge in [0.05, 0.1) is 30.7 Å². The summed E-state index contributed by atoms with van der Waals surface area (Å²) < 4.78 is 10.8. The lowest BCUT2D eigenvalue weighted by molar-refractivity contribution is -0.137. The van der Waals surface area contributed by atoms with E-state index in [1.165, 1.54) is 0 Å². The third kappa shape index (κ3) is 5.14. The number of phenols is 1. The monoisotopic (exact) mass is 530 g/mol. The Labute approximate surface area is 227 Å². The second kappa shape index (κ2) is 11.2. The molecule has 39 heavy (non-hydrogen) atoms. The molecule has 3 heterocycles. The maximum Gasteiger partial charge on any atom is 0.455 e. The Balaban J connectivity index is 1.46. The number of methoxy groups -OCH3 is 1. The number of nitrogens with zero attached hydrogens (tertiary/aromatic N) is 2. The molecule has 5 rings (SSSR count). The molecule has 9 nitrogen and oxygen atoms in total. The SMILES string of the molecule is CCC1=C2[C@@H](CC/C(=C/c3cccc(O)c3)c3ccccn3)OB(O)C[C@@H]2[C@@H]2C(=O)N(C(=O)OC)C(=O)[C@@H]2C1. The number of fused-ring (bicyclic) bond motifs is 3. The van der Waals surface area contributed by atoms with E-state index in [9.17, 15) is 24.5 Å². The molecule has 202 valence electrons. The third-order valence-electron chi connectivity index (χ3n) is 7.97. The van der Waals surface area contributed by atoms with Crippen molar-refractivity contribution in [3.05, 3.63) is 71.1 Å². The number of hydrogen-bond acceptors (Lipinski definition) is 8. The van der Waals surface area contributed by atoms with Gasteiger partial charge in [0.25, 0.3) is 0 Å². The third-order valence-corrected chi connectivity index (χ3v) is 7.97. The van der Waals surface area contributed by atoms with Crippen LogP contribution in [0.2, 0.25) is 6.32 Å². The van der Waals surface area contributed by atoms with Gasteiger partial charge in [0, 0.05) is 6.20 Å².